The first-order valence-electron chi connectivity index (χ1n) is 7.71. The van der Waals surface area contributed by atoms with Crippen LogP contribution < -0.4 is 14.8 Å². The zero-order valence-corrected chi connectivity index (χ0v) is 14.6. The van der Waals surface area contributed by atoms with Crippen molar-refractivity contribution in [2.75, 3.05) is 18.5 Å². The van der Waals surface area contributed by atoms with E-state index < -0.39 is 0 Å². The molecule has 3 rings (SSSR count). The molecule has 1 aromatic carbocycles. The second-order valence-corrected chi connectivity index (χ2v) is 6.86. The van der Waals surface area contributed by atoms with Gasteiger partial charge in [0.1, 0.15) is 24.1 Å². The molecule has 0 spiro atoms. The molecule has 1 aromatic heterocycles. The number of thioether (sulfide) groups is 1. The molecule has 6 nitrogen and oxygen atoms in total. The molecule has 0 saturated carbocycles. The number of nitrogens with zero attached hydrogens (tertiary/aromatic N) is 2. The highest BCUT2D eigenvalue weighted by Gasteiger charge is 2.18. The van der Waals surface area contributed by atoms with Gasteiger partial charge in [0.15, 0.2) is 11.5 Å². The molecule has 1 N–H and O–H groups in total. The predicted molar refractivity (Wildman–Crippen MR) is 92.9 cm³/mol. The number of carbonyl (C=O) groups excluding carboxylic acids is 1. The van der Waals surface area contributed by atoms with Crippen molar-refractivity contribution in [2.24, 2.45) is 0 Å². The van der Waals surface area contributed by atoms with E-state index in [9.17, 15) is 4.79 Å². The number of fused-ring (bicyclic) bond motifs is 1. The SMILES string of the molecule is Cc1cc(SC(C)C(=O)Nc2ccc3c(c2)OCCO3)nc(C)n1. The summed E-state index contributed by atoms with van der Waals surface area (Å²) in [5.41, 5.74) is 1.58. The quantitative estimate of drug-likeness (QED) is 0.678. The summed E-state index contributed by atoms with van der Waals surface area (Å²) in [6.45, 7) is 6.67. The normalized spacial score (nSPS) is 14.1. The van der Waals surface area contributed by atoms with Crippen LogP contribution in [0, 0.1) is 13.8 Å². The van der Waals surface area contributed by atoms with E-state index in [4.69, 9.17) is 9.47 Å². The largest absolute Gasteiger partial charge is 0.486 e. The molecule has 0 saturated heterocycles. The van der Waals surface area contributed by atoms with Crippen LogP contribution in [-0.2, 0) is 4.79 Å². The van der Waals surface area contributed by atoms with Crippen molar-refractivity contribution in [3.63, 3.8) is 0 Å². The van der Waals surface area contributed by atoms with Crippen molar-refractivity contribution in [1.82, 2.24) is 9.97 Å². The van der Waals surface area contributed by atoms with Crippen LogP contribution >= 0.6 is 11.8 Å². The minimum atomic E-state index is -0.285. The average Bonchev–Trinajstić information content (AvgIpc) is 2.53. The number of benzene rings is 1. The molecule has 0 aliphatic carbocycles. The molecule has 1 unspecified atom stereocenters. The van der Waals surface area contributed by atoms with E-state index in [0.29, 0.717) is 36.2 Å². The zero-order valence-electron chi connectivity index (χ0n) is 13.8. The van der Waals surface area contributed by atoms with Gasteiger partial charge in [-0.3, -0.25) is 4.79 Å². The Morgan fingerprint density at radius 2 is 1.92 bits per heavy atom. The van der Waals surface area contributed by atoms with Crippen LogP contribution in [0.3, 0.4) is 0 Å². The Balaban J connectivity index is 1.65. The Bertz CT molecular complexity index is 746. The molecule has 7 heteroatoms. The second kappa shape index (κ2) is 7.09. The van der Waals surface area contributed by atoms with Gasteiger partial charge in [-0.25, -0.2) is 9.97 Å². The van der Waals surface area contributed by atoms with Gasteiger partial charge in [0.25, 0.3) is 0 Å². The van der Waals surface area contributed by atoms with Gasteiger partial charge < -0.3 is 14.8 Å². The molecule has 24 heavy (non-hydrogen) atoms. The summed E-state index contributed by atoms with van der Waals surface area (Å²) in [6, 6.07) is 7.27. The third-order valence-electron chi connectivity index (χ3n) is 3.42. The number of nitrogens with one attached hydrogen (secondary N) is 1. The van der Waals surface area contributed by atoms with Gasteiger partial charge >= 0.3 is 0 Å². The number of amides is 1. The lowest BCUT2D eigenvalue weighted by Gasteiger charge is -2.19. The summed E-state index contributed by atoms with van der Waals surface area (Å²) in [5, 5.41) is 3.41. The van der Waals surface area contributed by atoms with Gasteiger partial charge in [0.05, 0.1) is 5.25 Å². The van der Waals surface area contributed by atoms with Gasteiger partial charge in [-0.15, -0.1) is 0 Å². The lowest BCUT2D eigenvalue weighted by Crippen LogP contribution is -2.23. The lowest BCUT2D eigenvalue weighted by molar-refractivity contribution is -0.115. The molecule has 1 aliphatic heterocycles. The van der Waals surface area contributed by atoms with Crippen LogP contribution in [0.2, 0.25) is 0 Å². The van der Waals surface area contributed by atoms with E-state index in [1.165, 1.54) is 11.8 Å². The number of anilines is 1. The summed E-state index contributed by atoms with van der Waals surface area (Å²) >= 11 is 1.41. The second-order valence-electron chi connectivity index (χ2n) is 5.50. The number of rotatable bonds is 4. The van der Waals surface area contributed by atoms with E-state index >= 15 is 0 Å². The van der Waals surface area contributed by atoms with Gasteiger partial charge in [-0.05, 0) is 39.0 Å². The Morgan fingerprint density at radius 1 is 1.17 bits per heavy atom. The maximum atomic E-state index is 12.4. The Morgan fingerprint density at radius 3 is 2.67 bits per heavy atom. The van der Waals surface area contributed by atoms with Crippen molar-refractivity contribution in [2.45, 2.75) is 31.0 Å². The van der Waals surface area contributed by atoms with Crippen molar-refractivity contribution < 1.29 is 14.3 Å². The van der Waals surface area contributed by atoms with Crippen LogP contribution in [0.15, 0.2) is 29.3 Å². The van der Waals surface area contributed by atoms with Crippen LogP contribution in [0.5, 0.6) is 11.5 Å². The Kier molecular flexibility index (Phi) is 4.89. The first kappa shape index (κ1) is 16.6. The van der Waals surface area contributed by atoms with Crippen LogP contribution in [0.25, 0.3) is 0 Å². The molecule has 1 amide bonds. The van der Waals surface area contributed by atoms with Crippen molar-refractivity contribution >= 4 is 23.4 Å². The molecule has 2 aromatic rings. The zero-order chi connectivity index (χ0) is 17.1. The fourth-order valence-electron chi connectivity index (χ4n) is 2.34. The van der Waals surface area contributed by atoms with Crippen LogP contribution in [0.1, 0.15) is 18.4 Å². The van der Waals surface area contributed by atoms with Crippen LogP contribution in [-0.4, -0.2) is 34.3 Å². The maximum absolute atomic E-state index is 12.4. The smallest absolute Gasteiger partial charge is 0.237 e. The molecular weight excluding hydrogens is 326 g/mol. The van der Waals surface area contributed by atoms with Crippen LogP contribution in [0.4, 0.5) is 5.69 Å². The third-order valence-corrected chi connectivity index (χ3v) is 4.44. The molecule has 0 bridgehead atoms. The molecule has 1 aliphatic rings. The summed E-state index contributed by atoms with van der Waals surface area (Å²) in [6.07, 6.45) is 0. The molecule has 126 valence electrons. The number of hydrogen-bond donors (Lipinski definition) is 1. The van der Waals surface area contributed by atoms with Crippen molar-refractivity contribution in [3.05, 3.63) is 35.8 Å². The number of carbonyl (C=O) groups is 1. The monoisotopic (exact) mass is 345 g/mol. The Labute approximate surface area is 145 Å². The maximum Gasteiger partial charge on any atom is 0.237 e. The van der Waals surface area contributed by atoms with E-state index in [2.05, 4.69) is 15.3 Å². The highest BCUT2D eigenvalue weighted by molar-refractivity contribution is 8.00. The van der Waals surface area contributed by atoms with Gasteiger partial charge in [0, 0.05) is 17.4 Å². The number of ether oxygens (including phenoxy) is 2. The van der Waals surface area contributed by atoms with E-state index in [1.807, 2.05) is 32.9 Å². The standard InChI is InChI=1S/C17H19N3O3S/c1-10-8-16(19-12(3)18-10)24-11(2)17(21)20-13-4-5-14-15(9-13)23-7-6-22-14/h4-5,8-9,11H,6-7H2,1-3H3,(H,20,21). The van der Waals surface area contributed by atoms with Crippen molar-refractivity contribution in [1.29, 1.82) is 0 Å². The molecule has 0 fully saturated rings. The van der Waals surface area contributed by atoms with Gasteiger partial charge in [-0.1, -0.05) is 11.8 Å². The average molecular weight is 345 g/mol. The highest BCUT2D eigenvalue weighted by atomic mass is 32.2. The number of hydrogen-bond acceptors (Lipinski definition) is 6. The summed E-state index contributed by atoms with van der Waals surface area (Å²) in [5.74, 6) is 1.97. The summed E-state index contributed by atoms with van der Waals surface area (Å²) in [7, 11) is 0. The third kappa shape index (κ3) is 3.97. The minimum absolute atomic E-state index is 0.0920. The van der Waals surface area contributed by atoms with E-state index in [0.717, 1.165) is 10.7 Å². The molecule has 1 atom stereocenters. The van der Waals surface area contributed by atoms with Gasteiger partial charge in [-0.2, -0.15) is 0 Å². The topological polar surface area (TPSA) is 73.3 Å². The van der Waals surface area contributed by atoms with E-state index in [-0.39, 0.29) is 11.2 Å². The molecule has 2 heterocycles. The summed E-state index contributed by atoms with van der Waals surface area (Å²) in [4.78, 5) is 21.0. The number of aryl methyl sites for hydroxylation is 2. The first-order valence-corrected chi connectivity index (χ1v) is 8.59. The molecular formula is C17H19N3O3S. The van der Waals surface area contributed by atoms with Gasteiger partial charge in [0.2, 0.25) is 5.91 Å². The first-order chi connectivity index (χ1) is 11.5. The number of aromatic nitrogens is 2. The fraction of sp³-hybridized carbons (Fsp3) is 0.353. The van der Waals surface area contributed by atoms with E-state index in [1.54, 1.807) is 12.1 Å². The highest BCUT2D eigenvalue weighted by Crippen LogP contribution is 2.33. The lowest BCUT2D eigenvalue weighted by atomic mass is 10.2. The minimum Gasteiger partial charge on any atom is -0.486 e. The fourth-order valence-corrected chi connectivity index (χ4v) is 3.29. The predicted octanol–water partition coefficient (Wildman–Crippen LogP) is 2.98. The summed E-state index contributed by atoms with van der Waals surface area (Å²) < 4.78 is 11.0. The molecule has 0 radical (unpaired) electrons. The Hall–Kier alpha value is -2.28. The van der Waals surface area contributed by atoms with Crippen molar-refractivity contribution in [3.8, 4) is 11.5 Å².